The summed E-state index contributed by atoms with van der Waals surface area (Å²) in [4.78, 5) is 18.9. The minimum Gasteiger partial charge on any atom is -0.491 e. The van der Waals surface area contributed by atoms with Crippen molar-refractivity contribution in [2.24, 2.45) is 0 Å². The van der Waals surface area contributed by atoms with Gasteiger partial charge >= 0.3 is 0 Å². The molecule has 30 heavy (non-hydrogen) atoms. The molecular weight excluding hydrogens is 378 g/mol. The van der Waals surface area contributed by atoms with Crippen molar-refractivity contribution in [3.63, 3.8) is 0 Å². The number of carbonyl (C=O) groups is 1. The van der Waals surface area contributed by atoms with Crippen molar-refractivity contribution < 1.29 is 14.1 Å². The topological polar surface area (TPSA) is 68.5 Å². The van der Waals surface area contributed by atoms with Gasteiger partial charge in [0.2, 0.25) is 17.6 Å². The van der Waals surface area contributed by atoms with Crippen LogP contribution in [0.25, 0.3) is 11.4 Å². The Labute approximate surface area is 176 Å². The van der Waals surface area contributed by atoms with Gasteiger partial charge in [-0.05, 0) is 43.5 Å². The Balaban J connectivity index is 1.40. The molecule has 1 aromatic heterocycles. The number of ether oxygens (including phenoxy) is 1. The molecule has 0 bridgehead atoms. The Morgan fingerprint density at radius 2 is 1.80 bits per heavy atom. The Bertz CT molecular complexity index is 993. The average Bonchev–Trinajstić information content (AvgIpc) is 3.36. The van der Waals surface area contributed by atoms with E-state index in [-0.39, 0.29) is 17.9 Å². The highest BCUT2D eigenvalue weighted by Crippen LogP contribution is 2.30. The highest BCUT2D eigenvalue weighted by atomic mass is 16.5. The summed E-state index contributed by atoms with van der Waals surface area (Å²) < 4.78 is 11.2. The summed E-state index contributed by atoms with van der Waals surface area (Å²) in [7, 11) is 0. The van der Waals surface area contributed by atoms with E-state index in [0.717, 1.165) is 23.3 Å². The van der Waals surface area contributed by atoms with Gasteiger partial charge < -0.3 is 14.2 Å². The van der Waals surface area contributed by atoms with Gasteiger partial charge in [0.1, 0.15) is 5.75 Å². The van der Waals surface area contributed by atoms with E-state index in [0.29, 0.717) is 31.2 Å². The third-order valence-electron chi connectivity index (χ3n) is 5.29. The van der Waals surface area contributed by atoms with E-state index in [1.54, 1.807) is 0 Å². The third-order valence-corrected chi connectivity index (χ3v) is 5.29. The van der Waals surface area contributed by atoms with E-state index in [4.69, 9.17) is 9.26 Å². The lowest BCUT2D eigenvalue weighted by molar-refractivity contribution is -0.128. The molecule has 3 aromatic rings. The maximum atomic E-state index is 12.5. The molecule has 0 N–H and O–H groups in total. The van der Waals surface area contributed by atoms with Gasteiger partial charge in [0.05, 0.1) is 12.0 Å². The van der Waals surface area contributed by atoms with Crippen LogP contribution in [0.1, 0.15) is 50.1 Å². The van der Waals surface area contributed by atoms with Crippen LogP contribution in [0.4, 0.5) is 0 Å². The van der Waals surface area contributed by atoms with E-state index in [1.165, 1.54) is 5.56 Å². The fraction of sp³-hybridized carbons (Fsp3) is 0.375. The van der Waals surface area contributed by atoms with E-state index >= 15 is 0 Å². The van der Waals surface area contributed by atoms with Gasteiger partial charge in [0.15, 0.2) is 0 Å². The first-order valence-corrected chi connectivity index (χ1v) is 10.5. The van der Waals surface area contributed by atoms with Crippen LogP contribution in [0.2, 0.25) is 0 Å². The number of rotatable bonds is 7. The van der Waals surface area contributed by atoms with Gasteiger partial charge in [0, 0.05) is 25.1 Å². The molecule has 1 aliphatic rings. The molecule has 156 valence electrons. The summed E-state index contributed by atoms with van der Waals surface area (Å²) in [5, 5.41) is 4.12. The monoisotopic (exact) mass is 405 g/mol. The molecule has 2 heterocycles. The molecule has 1 amide bonds. The number of carbonyl (C=O) groups excluding carboxylic acids is 1. The number of hydrogen-bond donors (Lipinski definition) is 0. The maximum Gasteiger partial charge on any atom is 0.232 e. The first-order valence-electron chi connectivity index (χ1n) is 10.5. The molecule has 1 unspecified atom stereocenters. The first-order chi connectivity index (χ1) is 14.5. The second-order valence-electron chi connectivity index (χ2n) is 7.99. The minimum absolute atomic E-state index is 0.0720. The summed E-state index contributed by atoms with van der Waals surface area (Å²) in [5.41, 5.74) is 3.26. The van der Waals surface area contributed by atoms with Gasteiger partial charge in [-0.1, -0.05) is 48.5 Å². The molecule has 0 saturated carbocycles. The van der Waals surface area contributed by atoms with Gasteiger partial charge in [-0.15, -0.1) is 0 Å². The Kier molecular flexibility index (Phi) is 5.84. The van der Waals surface area contributed by atoms with Gasteiger partial charge in [-0.2, -0.15) is 4.98 Å². The van der Waals surface area contributed by atoms with E-state index in [9.17, 15) is 4.79 Å². The average molecular weight is 405 g/mol. The molecule has 0 radical (unpaired) electrons. The zero-order valence-electron chi connectivity index (χ0n) is 17.7. The summed E-state index contributed by atoms with van der Waals surface area (Å²) in [6.45, 7) is 7.27. The zero-order chi connectivity index (χ0) is 21.1. The van der Waals surface area contributed by atoms with Crippen molar-refractivity contribution in [3.05, 3.63) is 65.5 Å². The maximum absolute atomic E-state index is 12.5. The second-order valence-corrected chi connectivity index (χ2v) is 7.99. The molecule has 1 saturated heterocycles. The normalized spacial score (nSPS) is 16.5. The van der Waals surface area contributed by atoms with E-state index in [1.807, 2.05) is 55.1 Å². The summed E-state index contributed by atoms with van der Waals surface area (Å²) in [6.07, 6.45) is 1.52. The smallest absolute Gasteiger partial charge is 0.232 e. The van der Waals surface area contributed by atoms with Crippen LogP contribution in [0.5, 0.6) is 5.75 Å². The fourth-order valence-electron chi connectivity index (χ4n) is 3.66. The molecule has 0 spiro atoms. The minimum atomic E-state index is -0.0720. The van der Waals surface area contributed by atoms with Crippen molar-refractivity contribution in [2.45, 2.75) is 52.2 Å². The first kappa shape index (κ1) is 20.1. The number of aromatic nitrogens is 2. The molecule has 4 rings (SSSR count). The van der Waals surface area contributed by atoms with Crippen LogP contribution >= 0.6 is 0 Å². The van der Waals surface area contributed by atoms with Crippen molar-refractivity contribution in [1.82, 2.24) is 15.0 Å². The van der Waals surface area contributed by atoms with Crippen molar-refractivity contribution in [1.29, 1.82) is 0 Å². The Hall–Kier alpha value is -3.15. The second kappa shape index (κ2) is 8.69. The number of amides is 1. The van der Waals surface area contributed by atoms with E-state index in [2.05, 4.69) is 29.2 Å². The largest absolute Gasteiger partial charge is 0.491 e. The van der Waals surface area contributed by atoms with Gasteiger partial charge in [-0.3, -0.25) is 4.79 Å². The number of hydrogen-bond acceptors (Lipinski definition) is 5. The van der Waals surface area contributed by atoms with Crippen molar-refractivity contribution >= 4 is 5.91 Å². The molecule has 1 fully saturated rings. The zero-order valence-corrected chi connectivity index (χ0v) is 17.7. The van der Waals surface area contributed by atoms with E-state index < -0.39 is 0 Å². The van der Waals surface area contributed by atoms with Crippen LogP contribution in [0.3, 0.4) is 0 Å². The number of nitrogens with zero attached hydrogens (tertiary/aromatic N) is 3. The molecule has 6 nitrogen and oxygen atoms in total. The lowest BCUT2D eigenvalue weighted by Gasteiger charge is -2.16. The molecular formula is C24H27N3O3. The quantitative estimate of drug-likeness (QED) is 0.574. The standard InChI is InChI=1S/C24H27N3O3/c1-4-17-5-9-19(10-6-17)23-25-24(30-26-23)20-13-22(28)27(15-20)14-18-7-11-21(12-8-18)29-16(2)3/h5-12,16,20H,4,13-15H2,1-3H3. The van der Waals surface area contributed by atoms with Crippen LogP contribution in [-0.4, -0.2) is 33.6 Å². The van der Waals surface area contributed by atoms with Crippen molar-refractivity contribution in [3.8, 4) is 17.1 Å². The molecule has 2 aromatic carbocycles. The molecule has 6 heteroatoms. The summed E-state index contributed by atoms with van der Waals surface area (Å²) in [5.74, 6) is 1.97. The highest BCUT2D eigenvalue weighted by molar-refractivity contribution is 5.79. The number of benzene rings is 2. The van der Waals surface area contributed by atoms with Gasteiger partial charge in [-0.25, -0.2) is 0 Å². The molecule has 0 aliphatic carbocycles. The Morgan fingerprint density at radius 3 is 2.47 bits per heavy atom. The molecule has 1 atom stereocenters. The Morgan fingerprint density at radius 1 is 1.10 bits per heavy atom. The predicted molar refractivity (Wildman–Crippen MR) is 114 cm³/mol. The van der Waals surface area contributed by atoms with Crippen LogP contribution in [0, 0.1) is 0 Å². The lowest BCUT2D eigenvalue weighted by Crippen LogP contribution is -2.24. The molecule has 1 aliphatic heterocycles. The predicted octanol–water partition coefficient (Wildman–Crippen LogP) is 4.60. The van der Waals surface area contributed by atoms with Crippen LogP contribution in [-0.2, 0) is 17.8 Å². The highest BCUT2D eigenvalue weighted by Gasteiger charge is 2.34. The van der Waals surface area contributed by atoms with Crippen LogP contribution < -0.4 is 4.74 Å². The SMILES string of the molecule is CCc1ccc(-c2noc(C3CC(=O)N(Cc4ccc(OC(C)C)cc4)C3)n2)cc1. The number of likely N-dealkylation sites (tertiary alicyclic amines) is 1. The number of aryl methyl sites for hydroxylation is 1. The third kappa shape index (κ3) is 4.53. The lowest BCUT2D eigenvalue weighted by atomic mass is 10.1. The van der Waals surface area contributed by atoms with Gasteiger partial charge in [0.25, 0.3) is 0 Å². The van der Waals surface area contributed by atoms with Crippen molar-refractivity contribution in [2.75, 3.05) is 6.54 Å². The fourth-order valence-corrected chi connectivity index (χ4v) is 3.66. The van der Waals surface area contributed by atoms with Crippen LogP contribution in [0.15, 0.2) is 53.1 Å². The summed E-state index contributed by atoms with van der Waals surface area (Å²) >= 11 is 0. The summed E-state index contributed by atoms with van der Waals surface area (Å²) in [6, 6.07) is 16.1.